The molecule has 2 N–H and O–H groups in total. The zero-order valence-electron chi connectivity index (χ0n) is 16.1. The number of furan rings is 1. The van der Waals surface area contributed by atoms with E-state index in [1.165, 1.54) is 51.4 Å². The van der Waals surface area contributed by atoms with Crippen LogP contribution in [0.1, 0.15) is 68.9 Å². The Hall–Kier alpha value is -2.24. The lowest BCUT2D eigenvalue weighted by Crippen LogP contribution is -2.43. The van der Waals surface area contributed by atoms with Crippen LogP contribution >= 0.6 is 0 Å². The molecule has 0 atom stereocenters. The van der Waals surface area contributed by atoms with Crippen LogP contribution in [0.2, 0.25) is 0 Å². The fraction of sp³-hybridized carbons (Fsp3) is 0.619. The van der Waals surface area contributed by atoms with E-state index in [2.05, 4.69) is 27.6 Å². The predicted octanol–water partition coefficient (Wildman–Crippen LogP) is 3.81. The molecule has 0 radical (unpaired) electrons. The highest BCUT2D eigenvalue weighted by atomic mass is 16.3. The highest BCUT2D eigenvalue weighted by Gasteiger charge is 2.18. The van der Waals surface area contributed by atoms with Gasteiger partial charge < -0.3 is 15.1 Å². The largest absolute Gasteiger partial charge is 0.469 e. The molecule has 0 saturated heterocycles. The number of guanidine groups is 1. The van der Waals surface area contributed by atoms with Gasteiger partial charge in [-0.15, -0.1) is 0 Å². The summed E-state index contributed by atoms with van der Waals surface area (Å²) in [5.41, 5.74) is 1.04. The molecule has 6 heteroatoms. The van der Waals surface area contributed by atoms with Gasteiger partial charge in [0.1, 0.15) is 5.76 Å². The fourth-order valence-corrected chi connectivity index (χ4v) is 4.17. The lowest BCUT2D eigenvalue weighted by atomic mass is 10.2. The molecule has 2 fully saturated rings. The summed E-state index contributed by atoms with van der Waals surface area (Å²) in [4.78, 5) is 4.80. The first-order valence-electron chi connectivity index (χ1n) is 10.5. The van der Waals surface area contributed by atoms with Crippen molar-refractivity contribution >= 4 is 5.96 Å². The minimum Gasteiger partial charge on any atom is -0.469 e. The molecule has 0 aliphatic heterocycles. The highest BCUT2D eigenvalue weighted by Crippen LogP contribution is 2.28. The minimum absolute atomic E-state index is 0.538. The second kappa shape index (κ2) is 9.11. The molecule has 6 nitrogen and oxygen atoms in total. The fourth-order valence-electron chi connectivity index (χ4n) is 4.17. The van der Waals surface area contributed by atoms with E-state index in [0.717, 1.165) is 30.4 Å². The molecule has 2 saturated carbocycles. The zero-order valence-corrected chi connectivity index (χ0v) is 16.1. The molecular weight excluding hydrogens is 338 g/mol. The van der Waals surface area contributed by atoms with E-state index in [4.69, 9.17) is 14.5 Å². The van der Waals surface area contributed by atoms with Crippen molar-refractivity contribution in [1.82, 2.24) is 20.4 Å². The van der Waals surface area contributed by atoms with Crippen molar-refractivity contribution in [2.45, 2.75) is 76.4 Å². The number of nitrogens with one attached hydrogen (secondary N) is 2. The maximum absolute atomic E-state index is 5.42. The molecule has 0 aromatic carbocycles. The third kappa shape index (κ3) is 5.15. The van der Waals surface area contributed by atoms with Crippen molar-refractivity contribution in [2.24, 2.45) is 4.99 Å². The van der Waals surface area contributed by atoms with Crippen LogP contribution in [-0.2, 0) is 13.0 Å². The summed E-state index contributed by atoms with van der Waals surface area (Å²) >= 11 is 0. The molecular formula is C21H31N5O. The van der Waals surface area contributed by atoms with Crippen molar-refractivity contribution in [1.29, 1.82) is 0 Å². The Morgan fingerprint density at radius 1 is 1.15 bits per heavy atom. The molecule has 0 amide bonds. The average molecular weight is 370 g/mol. The predicted molar refractivity (Wildman–Crippen MR) is 107 cm³/mol. The summed E-state index contributed by atoms with van der Waals surface area (Å²) in [6.07, 6.45) is 14.9. The van der Waals surface area contributed by atoms with Gasteiger partial charge in [-0.25, -0.2) is 4.99 Å². The summed E-state index contributed by atoms with van der Waals surface area (Å²) in [5.74, 6) is 1.89. The van der Waals surface area contributed by atoms with Gasteiger partial charge in [0.25, 0.3) is 0 Å². The molecule has 2 heterocycles. The molecule has 146 valence electrons. The smallest absolute Gasteiger partial charge is 0.191 e. The van der Waals surface area contributed by atoms with Gasteiger partial charge in [-0.05, 0) is 43.9 Å². The van der Waals surface area contributed by atoms with Crippen LogP contribution in [0.3, 0.4) is 0 Å². The Labute approximate surface area is 161 Å². The Balaban J connectivity index is 1.34. The van der Waals surface area contributed by atoms with Gasteiger partial charge in [0, 0.05) is 25.2 Å². The molecule has 0 bridgehead atoms. The summed E-state index contributed by atoms with van der Waals surface area (Å²) < 4.78 is 7.56. The van der Waals surface area contributed by atoms with Gasteiger partial charge in [0.05, 0.1) is 24.5 Å². The lowest BCUT2D eigenvalue weighted by molar-refractivity contribution is 0.463. The van der Waals surface area contributed by atoms with E-state index >= 15 is 0 Å². The summed E-state index contributed by atoms with van der Waals surface area (Å²) in [6.45, 7) is 1.42. The number of aromatic nitrogens is 2. The Morgan fingerprint density at radius 2 is 1.96 bits per heavy atom. The number of hydrogen-bond acceptors (Lipinski definition) is 3. The summed E-state index contributed by atoms with van der Waals surface area (Å²) in [7, 11) is 0. The number of rotatable bonds is 7. The SMILES string of the molecule is c1coc(CCNC(=NCc2ccn(C3CCCC3)n2)NC2CCCC2)c1. The van der Waals surface area contributed by atoms with E-state index in [1.807, 2.05) is 12.1 Å². The molecule has 2 aliphatic rings. The first-order chi connectivity index (χ1) is 13.4. The van der Waals surface area contributed by atoms with Gasteiger partial charge in [-0.1, -0.05) is 25.7 Å². The Kier molecular flexibility index (Phi) is 6.12. The first-order valence-corrected chi connectivity index (χ1v) is 10.5. The maximum atomic E-state index is 5.42. The average Bonchev–Trinajstić information content (AvgIpc) is 3.48. The molecule has 0 unspecified atom stereocenters. The van der Waals surface area contributed by atoms with E-state index in [9.17, 15) is 0 Å². The van der Waals surface area contributed by atoms with Crippen LogP contribution in [0.4, 0.5) is 0 Å². The molecule has 4 rings (SSSR count). The highest BCUT2D eigenvalue weighted by molar-refractivity contribution is 5.80. The van der Waals surface area contributed by atoms with Crippen LogP contribution in [0.25, 0.3) is 0 Å². The molecule has 2 aromatic rings. The van der Waals surface area contributed by atoms with Crippen LogP contribution in [-0.4, -0.2) is 28.3 Å². The standard InChI is InChI=1S/C21H31N5O/c1-2-7-17(6-1)24-21(22-13-11-20-10-5-15-27-20)23-16-18-12-14-26(25-18)19-8-3-4-9-19/h5,10,12,14-15,17,19H,1-4,6-9,11,13,16H2,(H2,22,23,24). The maximum Gasteiger partial charge on any atom is 0.191 e. The number of aliphatic imine (C=N–C) groups is 1. The van der Waals surface area contributed by atoms with Gasteiger partial charge in [-0.3, -0.25) is 4.68 Å². The Morgan fingerprint density at radius 3 is 2.74 bits per heavy atom. The number of nitrogens with zero attached hydrogens (tertiary/aromatic N) is 3. The van der Waals surface area contributed by atoms with Crippen molar-refractivity contribution in [2.75, 3.05) is 6.54 Å². The Bertz CT molecular complexity index is 709. The minimum atomic E-state index is 0.538. The first kappa shape index (κ1) is 18.1. The summed E-state index contributed by atoms with van der Waals surface area (Å²) in [6, 6.07) is 7.18. The van der Waals surface area contributed by atoms with E-state index in [1.54, 1.807) is 6.26 Å². The van der Waals surface area contributed by atoms with Crippen LogP contribution < -0.4 is 10.6 Å². The topological polar surface area (TPSA) is 67.4 Å². The van der Waals surface area contributed by atoms with Crippen molar-refractivity contribution in [3.63, 3.8) is 0 Å². The van der Waals surface area contributed by atoms with E-state index < -0.39 is 0 Å². The second-order valence-electron chi connectivity index (χ2n) is 7.77. The van der Waals surface area contributed by atoms with Crippen LogP contribution in [0, 0.1) is 0 Å². The molecule has 2 aromatic heterocycles. The lowest BCUT2D eigenvalue weighted by Gasteiger charge is -2.17. The van der Waals surface area contributed by atoms with Gasteiger partial charge in [0.15, 0.2) is 5.96 Å². The van der Waals surface area contributed by atoms with Crippen molar-refractivity contribution in [3.05, 3.63) is 42.1 Å². The monoisotopic (exact) mass is 369 g/mol. The molecule has 0 spiro atoms. The normalized spacial score (nSPS) is 19.0. The molecule has 27 heavy (non-hydrogen) atoms. The zero-order chi connectivity index (χ0) is 18.3. The van der Waals surface area contributed by atoms with Crippen molar-refractivity contribution < 1.29 is 4.42 Å². The van der Waals surface area contributed by atoms with Crippen molar-refractivity contribution in [3.8, 4) is 0 Å². The van der Waals surface area contributed by atoms with E-state index in [-0.39, 0.29) is 0 Å². The van der Waals surface area contributed by atoms with Crippen LogP contribution in [0.5, 0.6) is 0 Å². The third-order valence-corrected chi connectivity index (χ3v) is 5.70. The van der Waals surface area contributed by atoms with Crippen LogP contribution in [0.15, 0.2) is 40.1 Å². The number of hydrogen-bond donors (Lipinski definition) is 2. The van der Waals surface area contributed by atoms with Gasteiger partial charge in [-0.2, -0.15) is 5.10 Å². The van der Waals surface area contributed by atoms with E-state index in [0.29, 0.717) is 18.6 Å². The van der Waals surface area contributed by atoms with Gasteiger partial charge >= 0.3 is 0 Å². The second-order valence-corrected chi connectivity index (χ2v) is 7.77. The summed E-state index contributed by atoms with van der Waals surface area (Å²) in [5, 5.41) is 11.8. The molecule has 2 aliphatic carbocycles. The van der Waals surface area contributed by atoms with Gasteiger partial charge in [0.2, 0.25) is 0 Å². The third-order valence-electron chi connectivity index (χ3n) is 5.70. The quantitative estimate of drug-likeness (QED) is 0.575.